The molecule has 0 fully saturated rings. The monoisotopic (exact) mass is 287 g/mol. The number of nitrogens with one attached hydrogen (secondary N) is 1. The molecule has 1 aromatic carbocycles. The Morgan fingerprint density at radius 2 is 1.88 bits per heavy atom. The molecule has 2 aromatic rings. The number of aromatic amines is 1. The smallest absolute Gasteiger partial charge is 0 e. The molecular formula is C13H14N2Y-2. The van der Waals surface area contributed by atoms with Crippen LogP contribution < -0.4 is 0 Å². The summed E-state index contributed by atoms with van der Waals surface area (Å²) < 4.78 is 0. The molecule has 0 amide bonds. The van der Waals surface area contributed by atoms with Crippen LogP contribution in [0.4, 0.5) is 0 Å². The number of benzene rings is 1. The van der Waals surface area contributed by atoms with E-state index in [2.05, 4.69) is 43.1 Å². The second kappa shape index (κ2) is 5.07. The first-order chi connectivity index (χ1) is 7.09. The third kappa shape index (κ3) is 2.33. The molecule has 3 heteroatoms. The molecule has 1 N–H and O–H groups in total. The summed E-state index contributed by atoms with van der Waals surface area (Å²) >= 11 is 0. The van der Waals surface area contributed by atoms with Gasteiger partial charge in [-0.3, -0.25) is 5.10 Å². The van der Waals surface area contributed by atoms with Gasteiger partial charge in [0.15, 0.2) is 0 Å². The van der Waals surface area contributed by atoms with Crippen molar-refractivity contribution in [1.29, 1.82) is 0 Å². The second-order valence-electron chi connectivity index (χ2n) is 3.84. The van der Waals surface area contributed by atoms with E-state index in [-0.39, 0.29) is 32.7 Å². The summed E-state index contributed by atoms with van der Waals surface area (Å²) in [5.74, 6) is 0. The van der Waals surface area contributed by atoms with E-state index in [9.17, 15) is 0 Å². The fourth-order valence-corrected chi connectivity index (χ4v) is 1.63. The van der Waals surface area contributed by atoms with Crippen molar-refractivity contribution in [3.63, 3.8) is 0 Å². The van der Waals surface area contributed by atoms with Gasteiger partial charge in [-0.05, 0) is 0 Å². The molecule has 0 unspecified atom stereocenters. The van der Waals surface area contributed by atoms with Crippen LogP contribution in [0.2, 0.25) is 0 Å². The van der Waals surface area contributed by atoms with Gasteiger partial charge in [0.1, 0.15) is 0 Å². The van der Waals surface area contributed by atoms with Gasteiger partial charge >= 0.3 is 0 Å². The topological polar surface area (TPSA) is 28.7 Å². The summed E-state index contributed by atoms with van der Waals surface area (Å²) in [5.41, 5.74) is 6.11. The summed E-state index contributed by atoms with van der Waals surface area (Å²) in [6, 6.07) is 6.16. The van der Waals surface area contributed by atoms with E-state index < -0.39 is 0 Å². The van der Waals surface area contributed by atoms with E-state index in [0.717, 1.165) is 28.1 Å². The van der Waals surface area contributed by atoms with Crippen molar-refractivity contribution in [1.82, 2.24) is 10.2 Å². The van der Waals surface area contributed by atoms with Gasteiger partial charge in [-0.1, -0.05) is 31.3 Å². The van der Waals surface area contributed by atoms with E-state index >= 15 is 0 Å². The summed E-state index contributed by atoms with van der Waals surface area (Å²) in [4.78, 5) is 0. The Labute approximate surface area is 122 Å². The van der Waals surface area contributed by atoms with Gasteiger partial charge in [0.2, 0.25) is 0 Å². The van der Waals surface area contributed by atoms with Crippen molar-refractivity contribution >= 4 is 0 Å². The first-order valence-corrected chi connectivity index (χ1v) is 4.89. The van der Waals surface area contributed by atoms with Gasteiger partial charge in [-0.2, -0.15) is 36.6 Å². The van der Waals surface area contributed by atoms with Crippen molar-refractivity contribution < 1.29 is 32.7 Å². The van der Waals surface area contributed by atoms with Crippen LogP contribution in [0, 0.1) is 27.7 Å². The molecule has 0 atom stereocenters. The van der Waals surface area contributed by atoms with E-state index in [1.165, 1.54) is 5.56 Å². The van der Waals surface area contributed by atoms with Crippen molar-refractivity contribution in [2.75, 3.05) is 0 Å². The van der Waals surface area contributed by atoms with Gasteiger partial charge < -0.3 is 5.10 Å². The van der Waals surface area contributed by atoms with Crippen LogP contribution in [0.5, 0.6) is 0 Å². The number of hydrogen-bond donors (Lipinski definition) is 1. The molecule has 2 rings (SSSR count). The Morgan fingerprint density at radius 1 is 1.19 bits per heavy atom. The molecule has 0 aliphatic heterocycles. The molecule has 0 aliphatic carbocycles. The van der Waals surface area contributed by atoms with E-state index in [0.29, 0.717) is 0 Å². The second-order valence-corrected chi connectivity index (χ2v) is 3.84. The standard InChI is InChI=1S/C13H14N2.Y/c1-8-5-6-12(9(2)7-8)13-10(3)11(4)14-15-13;/h5-7H,2-3H2,1,4H3,(H,14,15);/q-2;. The number of nitrogens with zero attached hydrogens (tertiary/aromatic N) is 1. The Hall–Kier alpha value is -0.726. The van der Waals surface area contributed by atoms with Crippen LogP contribution in [-0.4, -0.2) is 10.2 Å². The summed E-state index contributed by atoms with van der Waals surface area (Å²) in [5, 5.41) is 7.19. The third-order valence-electron chi connectivity index (χ3n) is 2.59. The van der Waals surface area contributed by atoms with Crippen LogP contribution in [0.15, 0.2) is 18.2 Å². The van der Waals surface area contributed by atoms with Crippen molar-refractivity contribution in [3.8, 4) is 11.3 Å². The molecule has 0 aliphatic rings. The summed E-state index contributed by atoms with van der Waals surface area (Å²) in [6.45, 7) is 12.0. The van der Waals surface area contributed by atoms with Gasteiger partial charge in [-0.25, -0.2) is 0 Å². The van der Waals surface area contributed by atoms with Crippen molar-refractivity contribution in [2.45, 2.75) is 13.8 Å². The van der Waals surface area contributed by atoms with Crippen LogP contribution in [0.1, 0.15) is 22.4 Å². The number of hydrogen-bond acceptors (Lipinski definition) is 1. The molecule has 0 saturated carbocycles. The molecule has 0 saturated heterocycles. The summed E-state index contributed by atoms with van der Waals surface area (Å²) in [6.07, 6.45) is 0. The van der Waals surface area contributed by atoms with E-state index in [1.807, 2.05) is 13.0 Å². The van der Waals surface area contributed by atoms with Gasteiger partial charge in [0, 0.05) is 32.7 Å². The molecule has 2 nitrogen and oxygen atoms in total. The Bertz CT molecular complexity index is 501. The van der Waals surface area contributed by atoms with Gasteiger partial charge in [0.25, 0.3) is 0 Å². The van der Waals surface area contributed by atoms with Gasteiger partial charge in [0.05, 0.1) is 0 Å². The molecule has 0 bridgehead atoms. The van der Waals surface area contributed by atoms with Gasteiger partial charge in [-0.15, -0.1) is 11.6 Å². The van der Waals surface area contributed by atoms with E-state index in [4.69, 9.17) is 0 Å². The number of aryl methyl sites for hydroxylation is 2. The number of H-pyrrole nitrogens is 1. The fraction of sp³-hybridized carbons (Fsp3) is 0.154. The first-order valence-electron chi connectivity index (χ1n) is 4.89. The van der Waals surface area contributed by atoms with Crippen LogP contribution in [-0.2, 0) is 32.7 Å². The molecule has 0 spiro atoms. The molecule has 81 valence electrons. The molecular weight excluding hydrogens is 273 g/mol. The Balaban J connectivity index is 0.00000128. The predicted molar refractivity (Wildman–Crippen MR) is 62.4 cm³/mol. The van der Waals surface area contributed by atoms with Crippen LogP contribution >= 0.6 is 0 Å². The maximum Gasteiger partial charge on any atom is 0 e. The zero-order valence-corrected chi connectivity index (χ0v) is 12.5. The molecule has 1 aromatic heterocycles. The first kappa shape index (κ1) is 13.3. The maximum atomic E-state index is 4.25. The van der Waals surface area contributed by atoms with Crippen molar-refractivity contribution in [2.24, 2.45) is 0 Å². The molecule has 16 heavy (non-hydrogen) atoms. The third-order valence-corrected chi connectivity index (χ3v) is 2.59. The Kier molecular flexibility index (Phi) is 4.23. The Morgan fingerprint density at radius 3 is 2.38 bits per heavy atom. The zero-order chi connectivity index (χ0) is 11.0. The molecule has 1 radical (unpaired) electrons. The minimum atomic E-state index is 0. The fourth-order valence-electron chi connectivity index (χ4n) is 1.63. The normalized spacial score (nSPS) is 9.88. The quantitative estimate of drug-likeness (QED) is 0.802. The molecule has 1 heterocycles. The van der Waals surface area contributed by atoms with E-state index in [1.54, 1.807) is 0 Å². The minimum Gasteiger partial charge on any atom is -0.348 e. The number of rotatable bonds is 1. The summed E-state index contributed by atoms with van der Waals surface area (Å²) in [7, 11) is 0. The predicted octanol–water partition coefficient (Wildman–Crippen LogP) is 3.06. The zero-order valence-electron chi connectivity index (χ0n) is 9.67. The van der Waals surface area contributed by atoms with Crippen LogP contribution in [0.25, 0.3) is 11.3 Å². The largest absolute Gasteiger partial charge is 0.348 e. The maximum absolute atomic E-state index is 4.25. The van der Waals surface area contributed by atoms with Crippen molar-refractivity contribution in [3.05, 3.63) is 54.4 Å². The average molecular weight is 287 g/mol. The minimum absolute atomic E-state index is 0. The average Bonchev–Trinajstić information content (AvgIpc) is 2.49. The SMILES string of the molecule is [CH2-]c1cc(C)ccc1-c1n[nH]c(C)c1[CH2-].[Y]. The van der Waals surface area contributed by atoms with Crippen LogP contribution in [0.3, 0.4) is 0 Å². The number of aromatic nitrogens is 2.